The minimum absolute atomic E-state index is 0.838. The van der Waals surface area contributed by atoms with E-state index in [4.69, 9.17) is 10.2 Å². The second-order valence-corrected chi connectivity index (χ2v) is 15.3. The van der Waals surface area contributed by atoms with Gasteiger partial charge in [0.2, 0.25) is 0 Å². The molecule has 2 aromatic heterocycles. The minimum Gasteiger partial charge on any atom is -0.256 e. The summed E-state index contributed by atoms with van der Waals surface area (Å²) in [5.74, 6) is 0. The summed E-state index contributed by atoms with van der Waals surface area (Å²) in [4.78, 5) is 6.40. The van der Waals surface area contributed by atoms with Crippen molar-refractivity contribution in [3.63, 3.8) is 0 Å². The number of aromatic nitrogens is 4. The van der Waals surface area contributed by atoms with E-state index in [0.29, 0.717) is 0 Å². The lowest BCUT2D eigenvalue weighted by molar-refractivity contribution is 0.766. The van der Waals surface area contributed by atoms with Crippen molar-refractivity contribution in [3.05, 3.63) is 206 Å². The molecule has 4 nitrogen and oxygen atoms in total. The van der Waals surface area contributed by atoms with E-state index < -0.39 is 0 Å². The third-order valence-corrected chi connectivity index (χ3v) is 11.8. The Kier molecular flexibility index (Phi) is 7.50. The van der Waals surface area contributed by atoms with Crippen LogP contribution in [0.5, 0.6) is 0 Å². The van der Waals surface area contributed by atoms with Gasteiger partial charge in [0.05, 0.1) is 11.2 Å². The van der Waals surface area contributed by atoms with Gasteiger partial charge in [0.25, 0.3) is 0 Å². The molecule has 0 aliphatic carbocycles. The topological polar surface area (TPSA) is 43.6 Å². The molecule has 274 valence electrons. The smallest absolute Gasteiger partial charge is 0.114 e. The number of hydrogen-bond donors (Lipinski definition) is 0. The number of rotatable bonds is 5. The van der Waals surface area contributed by atoms with Crippen molar-refractivity contribution < 1.29 is 0 Å². The fraction of sp³-hybridized carbons (Fsp3) is 0. The minimum atomic E-state index is 0.838. The van der Waals surface area contributed by atoms with Crippen LogP contribution in [0.2, 0.25) is 0 Å². The van der Waals surface area contributed by atoms with Crippen molar-refractivity contribution >= 4 is 65.0 Å². The van der Waals surface area contributed by atoms with Crippen molar-refractivity contribution in [2.75, 3.05) is 0 Å². The number of benzene rings is 10. The van der Waals surface area contributed by atoms with Crippen LogP contribution in [0, 0.1) is 0 Å². The Morgan fingerprint density at radius 2 is 0.797 bits per heavy atom. The van der Waals surface area contributed by atoms with Gasteiger partial charge < -0.3 is 0 Å². The van der Waals surface area contributed by atoms with Gasteiger partial charge in [-0.1, -0.05) is 146 Å². The van der Waals surface area contributed by atoms with Crippen LogP contribution in [-0.4, -0.2) is 20.0 Å². The summed E-state index contributed by atoms with van der Waals surface area (Å²) in [5, 5.41) is 20.8. The fourth-order valence-electron chi connectivity index (χ4n) is 8.90. The number of pyridine rings is 1. The molecule has 0 atom stereocenters. The molecule has 0 bridgehead atoms. The van der Waals surface area contributed by atoms with E-state index >= 15 is 0 Å². The van der Waals surface area contributed by atoms with Gasteiger partial charge in [-0.05, 0) is 137 Å². The SMILES string of the molecule is c1ccc2cc(-c3c4ccccc4c(-c4ccc5ccccc5c4)c4cc(-c5ccc(-n6nc7ccc(-c8cnc9ccccc9c8)cc7n6)cc5)ccc34)ccc2c1. The first kappa shape index (κ1) is 33.2. The zero-order valence-corrected chi connectivity index (χ0v) is 31.9. The first-order chi connectivity index (χ1) is 29.2. The van der Waals surface area contributed by atoms with Crippen LogP contribution in [0.1, 0.15) is 0 Å². The average Bonchev–Trinajstić information content (AvgIpc) is 3.74. The molecule has 4 heteroatoms. The van der Waals surface area contributed by atoms with Crippen LogP contribution < -0.4 is 0 Å². The standard InChI is InChI=1S/C55H34N4/c1-3-11-38-29-43(19-17-35(38)9-1)54-47-14-6-7-15-48(47)55(44-20-18-36-10-2-4-12-39(36)30-44)50-32-40(23-27-49(50)54)37-21-25-46(26-22-37)59-57-52-28-24-41(33-53(52)58-59)45-31-42-13-5-8-16-51(42)56-34-45/h1-34H. The maximum absolute atomic E-state index is 4.91. The van der Waals surface area contributed by atoms with Gasteiger partial charge in [0.1, 0.15) is 11.0 Å². The van der Waals surface area contributed by atoms with Crippen molar-refractivity contribution in [2.45, 2.75) is 0 Å². The molecule has 0 saturated heterocycles. The maximum Gasteiger partial charge on any atom is 0.114 e. The van der Waals surface area contributed by atoms with Gasteiger partial charge in [-0.25, -0.2) is 0 Å². The van der Waals surface area contributed by atoms with E-state index in [2.05, 4.69) is 181 Å². The summed E-state index contributed by atoms with van der Waals surface area (Å²) >= 11 is 0. The van der Waals surface area contributed by atoms with Crippen molar-refractivity contribution in [3.8, 4) is 50.2 Å². The molecule has 59 heavy (non-hydrogen) atoms. The molecule has 10 aromatic carbocycles. The normalized spacial score (nSPS) is 11.7. The van der Waals surface area contributed by atoms with E-state index in [1.807, 2.05) is 30.5 Å². The zero-order valence-electron chi connectivity index (χ0n) is 31.9. The molecule has 0 fully saturated rings. The molecular formula is C55H34N4. The summed E-state index contributed by atoms with van der Waals surface area (Å²) in [6.07, 6.45) is 1.93. The molecule has 0 aliphatic rings. The number of nitrogens with zero attached hydrogens (tertiary/aromatic N) is 4. The zero-order chi connectivity index (χ0) is 38.9. The number of para-hydroxylation sites is 1. The molecule has 0 radical (unpaired) electrons. The molecule has 0 amide bonds. The van der Waals surface area contributed by atoms with Crippen molar-refractivity contribution in [1.29, 1.82) is 0 Å². The molecule has 0 aliphatic heterocycles. The largest absolute Gasteiger partial charge is 0.256 e. The second-order valence-electron chi connectivity index (χ2n) is 15.3. The highest BCUT2D eigenvalue weighted by atomic mass is 15.5. The summed E-state index contributed by atoms with van der Waals surface area (Å²) in [6.45, 7) is 0. The summed E-state index contributed by atoms with van der Waals surface area (Å²) in [6, 6.07) is 72.0. The van der Waals surface area contributed by atoms with Crippen molar-refractivity contribution in [2.24, 2.45) is 0 Å². The Morgan fingerprint density at radius 1 is 0.288 bits per heavy atom. The first-order valence-electron chi connectivity index (χ1n) is 20.0. The van der Waals surface area contributed by atoms with Crippen LogP contribution in [-0.2, 0) is 0 Å². The van der Waals surface area contributed by atoms with Gasteiger partial charge >= 0.3 is 0 Å². The number of hydrogen-bond acceptors (Lipinski definition) is 3. The van der Waals surface area contributed by atoms with E-state index in [1.54, 1.807) is 4.80 Å². The highest BCUT2D eigenvalue weighted by Gasteiger charge is 2.18. The molecule has 0 unspecified atom stereocenters. The average molecular weight is 751 g/mol. The molecule has 12 aromatic rings. The Hall–Kier alpha value is -7.95. The van der Waals surface area contributed by atoms with Crippen LogP contribution in [0.15, 0.2) is 206 Å². The Morgan fingerprint density at radius 3 is 1.51 bits per heavy atom. The van der Waals surface area contributed by atoms with Gasteiger partial charge in [-0.2, -0.15) is 4.80 Å². The molecule has 0 spiro atoms. The Bertz CT molecular complexity index is 3620. The highest BCUT2D eigenvalue weighted by molar-refractivity contribution is 6.22. The van der Waals surface area contributed by atoms with Crippen LogP contribution in [0.25, 0.3) is 115 Å². The molecule has 0 saturated carbocycles. The van der Waals surface area contributed by atoms with Gasteiger partial charge in [-0.3, -0.25) is 4.98 Å². The monoisotopic (exact) mass is 750 g/mol. The predicted molar refractivity (Wildman–Crippen MR) is 246 cm³/mol. The van der Waals surface area contributed by atoms with E-state index in [0.717, 1.165) is 49.9 Å². The Labute approximate surface area is 340 Å². The lowest BCUT2D eigenvalue weighted by Crippen LogP contribution is -1.98. The lowest BCUT2D eigenvalue weighted by atomic mass is 9.84. The molecule has 0 N–H and O–H groups in total. The first-order valence-corrected chi connectivity index (χ1v) is 20.0. The second kappa shape index (κ2) is 13.3. The third-order valence-electron chi connectivity index (χ3n) is 11.8. The van der Waals surface area contributed by atoms with E-state index in [-0.39, 0.29) is 0 Å². The lowest BCUT2D eigenvalue weighted by Gasteiger charge is -2.19. The van der Waals surface area contributed by atoms with Crippen LogP contribution in [0.3, 0.4) is 0 Å². The van der Waals surface area contributed by atoms with E-state index in [9.17, 15) is 0 Å². The summed E-state index contributed by atoms with van der Waals surface area (Å²) in [5.41, 5.74) is 12.9. The van der Waals surface area contributed by atoms with Gasteiger partial charge in [-0.15, -0.1) is 10.2 Å². The maximum atomic E-state index is 4.91. The molecular weight excluding hydrogens is 717 g/mol. The summed E-state index contributed by atoms with van der Waals surface area (Å²) < 4.78 is 0. The fourth-order valence-corrected chi connectivity index (χ4v) is 8.90. The molecule has 12 rings (SSSR count). The summed E-state index contributed by atoms with van der Waals surface area (Å²) in [7, 11) is 0. The number of fused-ring (bicyclic) bond motifs is 6. The highest BCUT2D eigenvalue weighted by Crippen LogP contribution is 2.45. The van der Waals surface area contributed by atoms with Gasteiger partial charge in [0.15, 0.2) is 0 Å². The Balaban J connectivity index is 0.982. The quantitative estimate of drug-likeness (QED) is 0.165. The third kappa shape index (κ3) is 5.65. The predicted octanol–water partition coefficient (Wildman–Crippen LogP) is 14.2. The van der Waals surface area contributed by atoms with Crippen LogP contribution in [0.4, 0.5) is 0 Å². The van der Waals surface area contributed by atoms with Crippen LogP contribution >= 0.6 is 0 Å². The molecule has 2 heterocycles. The van der Waals surface area contributed by atoms with Crippen molar-refractivity contribution in [1.82, 2.24) is 20.0 Å². The van der Waals surface area contributed by atoms with E-state index in [1.165, 1.54) is 65.3 Å². The van der Waals surface area contributed by atoms with Gasteiger partial charge in [0, 0.05) is 17.1 Å².